The molecule has 1 aromatic carbocycles. The van der Waals surface area contributed by atoms with Crippen LogP contribution in [0.25, 0.3) is 0 Å². The monoisotopic (exact) mass is 236 g/mol. The van der Waals surface area contributed by atoms with E-state index in [0.717, 1.165) is 10.4 Å². The van der Waals surface area contributed by atoms with Gasteiger partial charge in [-0.25, -0.2) is 0 Å². The molecule has 0 unspecified atom stereocenters. The van der Waals surface area contributed by atoms with E-state index in [1.54, 1.807) is 35.6 Å². The van der Waals surface area contributed by atoms with Gasteiger partial charge in [0.1, 0.15) is 0 Å². The summed E-state index contributed by atoms with van der Waals surface area (Å²) < 4.78 is 0. The van der Waals surface area contributed by atoms with Crippen molar-refractivity contribution in [1.82, 2.24) is 0 Å². The Morgan fingerprint density at radius 1 is 1.27 bits per heavy atom. The summed E-state index contributed by atoms with van der Waals surface area (Å²) in [5.41, 5.74) is 1.38. The van der Waals surface area contributed by atoms with Gasteiger partial charge in [0.2, 0.25) is 0 Å². The maximum atomic E-state index is 12.0. The second-order valence-electron chi connectivity index (χ2n) is 3.29. The Kier molecular flexibility index (Phi) is 2.89. The van der Waals surface area contributed by atoms with Crippen molar-refractivity contribution in [3.8, 4) is 0 Å². The lowest BCUT2D eigenvalue weighted by Gasteiger charge is -1.98. The van der Waals surface area contributed by atoms with Gasteiger partial charge in [0.15, 0.2) is 5.78 Å². The van der Waals surface area contributed by atoms with Gasteiger partial charge in [-0.05, 0) is 25.1 Å². The van der Waals surface area contributed by atoms with Gasteiger partial charge in [-0.2, -0.15) is 0 Å². The molecule has 3 heteroatoms. The number of benzene rings is 1. The minimum atomic E-state index is 0.0295. The number of carbonyl (C=O) groups is 1. The highest BCUT2D eigenvalue weighted by Crippen LogP contribution is 2.19. The lowest BCUT2D eigenvalue weighted by molar-refractivity contribution is 0.103. The summed E-state index contributed by atoms with van der Waals surface area (Å²) in [5.74, 6) is 0.0295. The molecule has 0 atom stereocenters. The molecule has 0 aliphatic rings. The zero-order valence-corrected chi connectivity index (χ0v) is 9.73. The van der Waals surface area contributed by atoms with Gasteiger partial charge < -0.3 is 0 Å². The third-order valence-electron chi connectivity index (χ3n) is 2.08. The van der Waals surface area contributed by atoms with Crippen LogP contribution < -0.4 is 0 Å². The average Bonchev–Trinajstić information content (AvgIpc) is 2.64. The van der Waals surface area contributed by atoms with Crippen LogP contribution in [0.15, 0.2) is 35.7 Å². The van der Waals surface area contributed by atoms with Gasteiger partial charge >= 0.3 is 0 Å². The molecule has 0 amide bonds. The van der Waals surface area contributed by atoms with Crippen molar-refractivity contribution in [3.05, 3.63) is 56.7 Å². The summed E-state index contributed by atoms with van der Waals surface area (Å²) in [7, 11) is 0. The Labute approximate surface area is 97.3 Å². The molecule has 76 valence electrons. The Balaban J connectivity index is 2.36. The van der Waals surface area contributed by atoms with Crippen LogP contribution in [0.2, 0.25) is 5.02 Å². The molecule has 0 saturated heterocycles. The minimum Gasteiger partial charge on any atom is -0.289 e. The molecule has 0 aliphatic carbocycles. The van der Waals surface area contributed by atoms with Crippen LogP contribution in [0.3, 0.4) is 0 Å². The quantitative estimate of drug-likeness (QED) is 0.722. The molecule has 0 radical (unpaired) electrons. The van der Waals surface area contributed by atoms with E-state index in [1.165, 1.54) is 0 Å². The highest BCUT2D eigenvalue weighted by molar-refractivity contribution is 7.10. The van der Waals surface area contributed by atoms with Crippen LogP contribution in [-0.4, -0.2) is 5.78 Å². The fraction of sp³-hybridized carbons (Fsp3) is 0.0833. The molecule has 1 nitrogen and oxygen atoms in total. The average molecular weight is 237 g/mol. The van der Waals surface area contributed by atoms with Crippen molar-refractivity contribution in [1.29, 1.82) is 0 Å². The SMILES string of the molecule is Cc1cc(C(=O)c2cccc(Cl)c2)cs1. The van der Waals surface area contributed by atoms with E-state index in [2.05, 4.69) is 0 Å². The van der Waals surface area contributed by atoms with Crippen molar-refractivity contribution in [2.45, 2.75) is 6.92 Å². The van der Waals surface area contributed by atoms with Crippen LogP contribution in [0.5, 0.6) is 0 Å². The maximum absolute atomic E-state index is 12.0. The number of rotatable bonds is 2. The first-order chi connectivity index (χ1) is 7.16. The largest absolute Gasteiger partial charge is 0.289 e. The fourth-order valence-electron chi connectivity index (χ4n) is 1.36. The molecule has 0 bridgehead atoms. The summed E-state index contributed by atoms with van der Waals surface area (Å²) >= 11 is 7.41. The fourth-order valence-corrected chi connectivity index (χ4v) is 2.23. The normalized spacial score (nSPS) is 10.3. The molecule has 0 spiro atoms. The number of hydrogen-bond acceptors (Lipinski definition) is 2. The first kappa shape index (κ1) is 10.4. The molecule has 2 aromatic rings. The Hall–Kier alpha value is -1.12. The molecule has 1 heterocycles. The number of halogens is 1. The first-order valence-electron chi connectivity index (χ1n) is 4.52. The summed E-state index contributed by atoms with van der Waals surface area (Å²) in [6, 6.07) is 8.91. The van der Waals surface area contributed by atoms with Crippen LogP contribution >= 0.6 is 22.9 Å². The number of aryl methyl sites for hydroxylation is 1. The third kappa shape index (κ3) is 2.28. The van der Waals surface area contributed by atoms with Gasteiger partial charge in [0, 0.05) is 26.4 Å². The zero-order valence-electron chi connectivity index (χ0n) is 8.16. The highest BCUT2D eigenvalue weighted by atomic mass is 35.5. The van der Waals surface area contributed by atoms with E-state index in [4.69, 9.17) is 11.6 Å². The van der Waals surface area contributed by atoms with Crippen molar-refractivity contribution in [2.75, 3.05) is 0 Å². The summed E-state index contributed by atoms with van der Waals surface area (Å²) in [6.07, 6.45) is 0. The minimum absolute atomic E-state index is 0.0295. The number of thiophene rings is 1. The van der Waals surface area contributed by atoms with Gasteiger partial charge in [0.25, 0.3) is 0 Å². The molecule has 1 aromatic heterocycles. The highest BCUT2D eigenvalue weighted by Gasteiger charge is 2.10. The topological polar surface area (TPSA) is 17.1 Å². The summed E-state index contributed by atoms with van der Waals surface area (Å²) in [4.78, 5) is 13.1. The molecular weight excluding hydrogens is 228 g/mol. The first-order valence-corrected chi connectivity index (χ1v) is 5.78. The molecule has 0 saturated carbocycles. The van der Waals surface area contributed by atoms with Crippen molar-refractivity contribution in [2.24, 2.45) is 0 Å². The second kappa shape index (κ2) is 4.17. The molecule has 0 fully saturated rings. The van der Waals surface area contributed by atoms with E-state index in [1.807, 2.05) is 18.4 Å². The van der Waals surface area contributed by atoms with E-state index in [-0.39, 0.29) is 5.78 Å². The van der Waals surface area contributed by atoms with E-state index in [0.29, 0.717) is 10.6 Å². The van der Waals surface area contributed by atoms with Gasteiger partial charge in [-0.15, -0.1) is 11.3 Å². The van der Waals surface area contributed by atoms with E-state index >= 15 is 0 Å². The van der Waals surface area contributed by atoms with Crippen LogP contribution in [0.4, 0.5) is 0 Å². The predicted molar refractivity (Wildman–Crippen MR) is 63.9 cm³/mol. The lowest BCUT2D eigenvalue weighted by atomic mass is 10.1. The second-order valence-corrected chi connectivity index (χ2v) is 4.84. The van der Waals surface area contributed by atoms with Crippen LogP contribution in [0.1, 0.15) is 20.8 Å². The number of hydrogen-bond donors (Lipinski definition) is 0. The molecule has 0 N–H and O–H groups in total. The van der Waals surface area contributed by atoms with Crippen molar-refractivity contribution < 1.29 is 4.79 Å². The van der Waals surface area contributed by atoms with E-state index in [9.17, 15) is 4.79 Å². The lowest BCUT2D eigenvalue weighted by Crippen LogP contribution is -1.98. The molecule has 2 rings (SSSR count). The molecular formula is C12H9ClOS. The van der Waals surface area contributed by atoms with Crippen LogP contribution in [0, 0.1) is 6.92 Å². The molecule has 0 aliphatic heterocycles. The molecule has 15 heavy (non-hydrogen) atoms. The zero-order chi connectivity index (χ0) is 10.8. The summed E-state index contributed by atoms with van der Waals surface area (Å²) in [5, 5.41) is 2.46. The smallest absolute Gasteiger partial charge is 0.193 e. The standard InChI is InChI=1S/C12H9ClOS/c1-8-5-10(7-15-8)12(14)9-3-2-4-11(13)6-9/h2-7H,1H3. The Bertz CT molecular complexity index is 502. The van der Waals surface area contributed by atoms with E-state index < -0.39 is 0 Å². The Morgan fingerprint density at radius 2 is 2.07 bits per heavy atom. The summed E-state index contributed by atoms with van der Waals surface area (Å²) in [6.45, 7) is 1.99. The maximum Gasteiger partial charge on any atom is 0.193 e. The van der Waals surface area contributed by atoms with Gasteiger partial charge in [-0.1, -0.05) is 23.7 Å². The predicted octanol–water partition coefficient (Wildman–Crippen LogP) is 3.94. The van der Waals surface area contributed by atoms with Gasteiger partial charge in [0.05, 0.1) is 0 Å². The van der Waals surface area contributed by atoms with Gasteiger partial charge in [-0.3, -0.25) is 4.79 Å². The Morgan fingerprint density at radius 3 is 2.67 bits per heavy atom. The number of carbonyl (C=O) groups excluding carboxylic acids is 1. The number of ketones is 1. The van der Waals surface area contributed by atoms with Crippen LogP contribution in [-0.2, 0) is 0 Å². The third-order valence-corrected chi connectivity index (χ3v) is 3.18. The van der Waals surface area contributed by atoms with Crippen molar-refractivity contribution in [3.63, 3.8) is 0 Å². The van der Waals surface area contributed by atoms with Crippen molar-refractivity contribution >= 4 is 28.7 Å².